The van der Waals surface area contributed by atoms with E-state index in [0.717, 1.165) is 12.2 Å². The summed E-state index contributed by atoms with van der Waals surface area (Å²) >= 11 is 0. The molecular weight excluding hydrogens is 242 g/mol. The number of rotatable bonds is 7. The maximum atomic E-state index is 5.98. The molecule has 2 rings (SSSR count). The van der Waals surface area contributed by atoms with Gasteiger partial charge >= 0.3 is 0 Å². The lowest BCUT2D eigenvalue weighted by Gasteiger charge is -2.14. The summed E-state index contributed by atoms with van der Waals surface area (Å²) in [6.07, 6.45) is 2.56. The third kappa shape index (κ3) is 3.76. The van der Waals surface area contributed by atoms with Crippen LogP contribution in [0, 0.1) is 0 Å². The van der Waals surface area contributed by atoms with Crippen molar-refractivity contribution in [2.45, 2.75) is 19.4 Å². The largest absolute Gasteiger partial charge is 0.490 e. The average Bonchev–Trinajstić information content (AvgIpc) is 2.97. The SMILES string of the molecule is CCCOc1ccccc1OCC(N)c1ccco1. The molecule has 19 heavy (non-hydrogen) atoms. The van der Waals surface area contributed by atoms with Crippen LogP contribution in [0.1, 0.15) is 25.1 Å². The molecule has 0 aliphatic rings. The lowest BCUT2D eigenvalue weighted by molar-refractivity contribution is 0.246. The van der Waals surface area contributed by atoms with Crippen LogP contribution in [0.3, 0.4) is 0 Å². The van der Waals surface area contributed by atoms with Crippen LogP contribution in [0.4, 0.5) is 0 Å². The van der Waals surface area contributed by atoms with E-state index in [1.807, 2.05) is 36.4 Å². The number of hydrogen-bond donors (Lipinski definition) is 1. The van der Waals surface area contributed by atoms with E-state index in [4.69, 9.17) is 19.6 Å². The molecule has 2 aromatic rings. The van der Waals surface area contributed by atoms with Crippen LogP contribution < -0.4 is 15.2 Å². The zero-order valence-electron chi connectivity index (χ0n) is 11.0. The molecule has 0 aliphatic heterocycles. The van der Waals surface area contributed by atoms with Crippen molar-refractivity contribution in [2.75, 3.05) is 13.2 Å². The molecule has 4 heteroatoms. The first-order valence-corrected chi connectivity index (χ1v) is 6.45. The number of nitrogens with two attached hydrogens (primary N) is 1. The summed E-state index contributed by atoms with van der Waals surface area (Å²) in [6.45, 7) is 3.08. The third-order valence-corrected chi connectivity index (χ3v) is 2.64. The van der Waals surface area contributed by atoms with Gasteiger partial charge in [-0.2, -0.15) is 0 Å². The minimum atomic E-state index is -0.283. The molecule has 102 valence electrons. The summed E-state index contributed by atoms with van der Waals surface area (Å²) in [7, 11) is 0. The molecule has 1 aromatic carbocycles. The maximum absolute atomic E-state index is 5.98. The van der Waals surface area contributed by atoms with Crippen molar-refractivity contribution in [3.63, 3.8) is 0 Å². The normalized spacial score (nSPS) is 12.1. The summed E-state index contributed by atoms with van der Waals surface area (Å²) in [5.74, 6) is 2.17. The number of furan rings is 1. The highest BCUT2D eigenvalue weighted by Crippen LogP contribution is 2.27. The second-order valence-corrected chi connectivity index (χ2v) is 4.23. The van der Waals surface area contributed by atoms with Gasteiger partial charge in [-0.3, -0.25) is 0 Å². The molecule has 0 bridgehead atoms. The monoisotopic (exact) mass is 261 g/mol. The Morgan fingerprint density at radius 1 is 1.11 bits per heavy atom. The molecular formula is C15H19NO3. The van der Waals surface area contributed by atoms with Crippen molar-refractivity contribution in [2.24, 2.45) is 5.73 Å². The van der Waals surface area contributed by atoms with Crippen molar-refractivity contribution < 1.29 is 13.9 Å². The Kier molecular flexibility index (Phi) is 4.86. The fraction of sp³-hybridized carbons (Fsp3) is 0.333. The van der Waals surface area contributed by atoms with Gasteiger partial charge in [-0.15, -0.1) is 0 Å². The highest BCUT2D eigenvalue weighted by atomic mass is 16.5. The van der Waals surface area contributed by atoms with Crippen LogP contribution >= 0.6 is 0 Å². The molecule has 0 saturated carbocycles. The molecule has 0 amide bonds. The molecule has 2 N–H and O–H groups in total. The quantitative estimate of drug-likeness (QED) is 0.831. The third-order valence-electron chi connectivity index (χ3n) is 2.64. The van der Waals surface area contributed by atoms with Gasteiger partial charge in [-0.05, 0) is 30.7 Å². The topological polar surface area (TPSA) is 57.6 Å². The Balaban J connectivity index is 1.95. The van der Waals surface area contributed by atoms with Gasteiger partial charge in [-0.25, -0.2) is 0 Å². The van der Waals surface area contributed by atoms with Gasteiger partial charge in [0.15, 0.2) is 11.5 Å². The Labute approximate surface area is 113 Å². The number of ether oxygens (including phenoxy) is 2. The number of hydrogen-bond acceptors (Lipinski definition) is 4. The highest BCUT2D eigenvalue weighted by Gasteiger charge is 2.11. The zero-order chi connectivity index (χ0) is 13.5. The number of benzene rings is 1. The van der Waals surface area contributed by atoms with E-state index in [0.29, 0.717) is 24.7 Å². The van der Waals surface area contributed by atoms with Crippen molar-refractivity contribution in [1.29, 1.82) is 0 Å². The van der Waals surface area contributed by atoms with Crippen molar-refractivity contribution in [3.8, 4) is 11.5 Å². The second kappa shape index (κ2) is 6.85. The summed E-state index contributed by atoms with van der Waals surface area (Å²) < 4.78 is 16.6. The summed E-state index contributed by atoms with van der Waals surface area (Å²) in [4.78, 5) is 0. The molecule has 1 atom stereocenters. The van der Waals surface area contributed by atoms with E-state index < -0.39 is 0 Å². The summed E-state index contributed by atoms with van der Waals surface area (Å²) in [5.41, 5.74) is 5.98. The highest BCUT2D eigenvalue weighted by molar-refractivity contribution is 5.39. The average molecular weight is 261 g/mol. The Bertz CT molecular complexity index is 482. The summed E-state index contributed by atoms with van der Waals surface area (Å²) in [5, 5.41) is 0. The number of para-hydroxylation sites is 2. The van der Waals surface area contributed by atoms with Gasteiger partial charge in [0.05, 0.1) is 18.9 Å². The standard InChI is InChI=1S/C15H19NO3/c1-2-9-17-14-6-3-4-7-15(14)19-11-12(16)13-8-5-10-18-13/h3-8,10,12H,2,9,11,16H2,1H3. The maximum Gasteiger partial charge on any atom is 0.161 e. The second-order valence-electron chi connectivity index (χ2n) is 4.23. The molecule has 0 spiro atoms. The molecule has 1 aromatic heterocycles. The van der Waals surface area contributed by atoms with Crippen LogP contribution in [0.5, 0.6) is 11.5 Å². The van der Waals surface area contributed by atoms with Crippen molar-refractivity contribution in [3.05, 3.63) is 48.4 Å². The minimum Gasteiger partial charge on any atom is -0.490 e. The van der Waals surface area contributed by atoms with Gasteiger partial charge in [0.1, 0.15) is 12.4 Å². The lowest BCUT2D eigenvalue weighted by atomic mass is 10.2. The van der Waals surface area contributed by atoms with Crippen molar-refractivity contribution in [1.82, 2.24) is 0 Å². The molecule has 1 heterocycles. The van der Waals surface area contributed by atoms with Crippen LogP contribution in [-0.4, -0.2) is 13.2 Å². The van der Waals surface area contributed by atoms with Crippen LogP contribution in [0.2, 0.25) is 0 Å². The van der Waals surface area contributed by atoms with Gasteiger partial charge < -0.3 is 19.6 Å². The van der Waals surface area contributed by atoms with E-state index in [1.54, 1.807) is 6.26 Å². The Hall–Kier alpha value is -1.94. The fourth-order valence-electron chi connectivity index (χ4n) is 1.66. The molecule has 0 fully saturated rings. The first-order chi connectivity index (χ1) is 9.31. The zero-order valence-corrected chi connectivity index (χ0v) is 11.0. The van der Waals surface area contributed by atoms with Gasteiger partial charge in [0.25, 0.3) is 0 Å². The molecule has 1 unspecified atom stereocenters. The van der Waals surface area contributed by atoms with Crippen molar-refractivity contribution >= 4 is 0 Å². The smallest absolute Gasteiger partial charge is 0.161 e. The molecule has 0 radical (unpaired) electrons. The van der Waals surface area contributed by atoms with Crippen LogP contribution in [0.25, 0.3) is 0 Å². The van der Waals surface area contributed by atoms with E-state index in [1.165, 1.54) is 0 Å². The predicted octanol–water partition coefficient (Wildman–Crippen LogP) is 3.15. The minimum absolute atomic E-state index is 0.283. The van der Waals surface area contributed by atoms with E-state index >= 15 is 0 Å². The first kappa shape index (κ1) is 13.5. The Morgan fingerprint density at radius 3 is 2.47 bits per heavy atom. The van der Waals surface area contributed by atoms with Crippen LogP contribution in [-0.2, 0) is 0 Å². The van der Waals surface area contributed by atoms with E-state index in [-0.39, 0.29) is 6.04 Å². The molecule has 0 aliphatic carbocycles. The Morgan fingerprint density at radius 2 is 1.84 bits per heavy atom. The fourth-order valence-corrected chi connectivity index (χ4v) is 1.66. The summed E-state index contributed by atoms with van der Waals surface area (Å²) in [6, 6.07) is 11.0. The molecule has 0 saturated heterocycles. The first-order valence-electron chi connectivity index (χ1n) is 6.45. The van der Waals surface area contributed by atoms with Gasteiger partial charge in [0, 0.05) is 0 Å². The van der Waals surface area contributed by atoms with Gasteiger partial charge in [0.2, 0.25) is 0 Å². The van der Waals surface area contributed by atoms with Crippen LogP contribution in [0.15, 0.2) is 47.1 Å². The predicted molar refractivity (Wildman–Crippen MR) is 73.4 cm³/mol. The van der Waals surface area contributed by atoms with Gasteiger partial charge in [-0.1, -0.05) is 19.1 Å². The van der Waals surface area contributed by atoms with E-state index in [9.17, 15) is 0 Å². The molecule has 4 nitrogen and oxygen atoms in total. The lowest BCUT2D eigenvalue weighted by Crippen LogP contribution is -2.18. The van der Waals surface area contributed by atoms with E-state index in [2.05, 4.69) is 6.92 Å².